The van der Waals surface area contributed by atoms with E-state index in [9.17, 15) is 9.90 Å². The number of rotatable bonds is 5. The van der Waals surface area contributed by atoms with Gasteiger partial charge in [-0.3, -0.25) is 0 Å². The smallest absolute Gasteiger partial charge is 0.119 e. The minimum atomic E-state index is -1.17. The molecule has 1 heterocycles. The largest absolute Gasteiger partial charge is 0.544 e. The van der Waals surface area contributed by atoms with Crippen LogP contribution in [0.25, 0.3) is 0 Å². The van der Waals surface area contributed by atoms with Crippen molar-refractivity contribution in [3.8, 4) is 5.75 Å². The Bertz CT molecular complexity index is 614. The van der Waals surface area contributed by atoms with Gasteiger partial charge in [0.15, 0.2) is 0 Å². The fraction of sp³-hybridized carbons (Fsp3) is 0.333. The molecule has 20 heavy (non-hydrogen) atoms. The van der Waals surface area contributed by atoms with Crippen LogP contribution in [0.1, 0.15) is 31.5 Å². The Labute approximate surface area is 122 Å². The maximum Gasteiger partial charge on any atom is 0.119 e. The number of thiazole rings is 1. The second kappa shape index (κ2) is 6.05. The zero-order chi connectivity index (χ0) is 14.7. The van der Waals surface area contributed by atoms with Gasteiger partial charge in [-0.25, -0.2) is 4.98 Å². The van der Waals surface area contributed by atoms with E-state index in [1.165, 1.54) is 0 Å². The van der Waals surface area contributed by atoms with Gasteiger partial charge in [0.05, 0.1) is 28.2 Å². The highest BCUT2D eigenvalue weighted by Crippen LogP contribution is 2.19. The Balaban J connectivity index is 1.96. The first-order chi connectivity index (χ1) is 9.45. The Morgan fingerprint density at radius 2 is 1.90 bits per heavy atom. The summed E-state index contributed by atoms with van der Waals surface area (Å²) in [6.45, 7) is 6.20. The summed E-state index contributed by atoms with van der Waals surface area (Å²) in [5.41, 5.74) is 2.82. The van der Waals surface area contributed by atoms with E-state index in [-0.39, 0.29) is 4.88 Å². The van der Waals surface area contributed by atoms with Crippen molar-refractivity contribution in [2.45, 2.75) is 27.2 Å². The van der Waals surface area contributed by atoms with Crippen molar-refractivity contribution >= 4 is 17.3 Å². The second-order valence-electron chi connectivity index (χ2n) is 4.73. The average molecular weight is 290 g/mol. The second-order valence-corrected chi connectivity index (χ2v) is 5.82. The van der Waals surface area contributed by atoms with E-state index in [2.05, 4.69) is 11.1 Å². The minimum absolute atomic E-state index is 0.200. The molecule has 2 aromatic rings. The lowest BCUT2D eigenvalue weighted by Crippen LogP contribution is -2.21. The molecule has 0 unspecified atom stereocenters. The van der Waals surface area contributed by atoms with Crippen LogP contribution in [0.4, 0.5) is 0 Å². The molecule has 0 atom stereocenters. The summed E-state index contributed by atoms with van der Waals surface area (Å²) >= 11 is 1.16. The predicted molar refractivity (Wildman–Crippen MR) is 76.3 cm³/mol. The van der Waals surface area contributed by atoms with Gasteiger partial charge < -0.3 is 14.6 Å². The van der Waals surface area contributed by atoms with E-state index >= 15 is 0 Å². The summed E-state index contributed by atoms with van der Waals surface area (Å²) in [6.07, 6.45) is 0.589. The van der Waals surface area contributed by atoms with Gasteiger partial charge in [-0.05, 0) is 44.0 Å². The number of benzene rings is 1. The number of aromatic nitrogens is 1. The highest BCUT2D eigenvalue weighted by molar-refractivity contribution is 7.13. The molecule has 0 fully saturated rings. The third-order valence-corrected chi connectivity index (χ3v) is 4.00. The van der Waals surface area contributed by atoms with Gasteiger partial charge in [-0.2, -0.15) is 0 Å². The molecule has 0 saturated heterocycles. The van der Waals surface area contributed by atoms with Gasteiger partial charge in [0.25, 0.3) is 0 Å². The molecule has 0 bridgehead atoms. The Morgan fingerprint density at radius 1 is 1.25 bits per heavy atom. The van der Waals surface area contributed by atoms with Gasteiger partial charge >= 0.3 is 0 Å². The molecule has 106 valence electrons. The molecule has 0 amide bonds. The van der Waals surface area contributed by atoms with E-state index in [1.807, 2.05) is 26.0 Å². The molecule has 0 aliphatic rings. The maximum absolute atomic E-state index is 10.8. The number of ether oxygens (including phenoxy) is 1. The van der Waals surface area contributed by atoms with Gasteiger partial charge in [-0.15, -0.1) is 11.3 Å². The molecule has 0 radical (unpaired) electrons. The minimum Gasteiger partial charge on any atom is -0.544 e. The summed E-state index contributed by atoms with van der Waals surface area (Å²) in [5, 5.41) is 11.6. The van der Waals surface area contributed by atoms with Gasteiger partial charge in [-0.1, -0.05) is 6.07 Å². The lowest BCUT2D eigenvalue weighted by molar-refractivity contribution is -0.254. The van der Waals surface area contributed by atoms with Gasteiger partial charge in [0, 0.05) is 6.42 Å². The van der Waals surface area contributed by atoms with Crippen molar-refractivity contribution < 1.29 is 14.6 Å². The molecule has 0 aliphatic heterocycles. The zero-order valence-electron chi connectivity index (χ0n) is 11.7. The summed E-state index contributed by atoms with van der Waals surface area (Å²) in [7, 11) is 0. The third-order valence-electron chi connectivity index (χ3n) is 2.81. The average Bonchev–Trinajstić information content (AvgIpc) is 2.69. The highest BCUT2D eigenvalue weighted by atomic mass is 32.1. The Kier molecular flexibility index (Phi) is 4.39. The molecule has 1 aromatic carbocycles. The van der Waals surface area contributed by atoms with Crippen LogP contribution in [0.15, 0.2) is 18.2 Å². The van der Waals surface area contributed by atoms with E-state index in [1.54, 1.807) is 6.92 Å². The maximum atomic E-state index is 10.8. The van der Waals surface area contributed by atoms with Crippen molar-refractivity contribution in [3.63, 3.8) is 0 Å². The summed E-state index contributed by atoms with van der Waals surface area (Å²) in [4.78, 5) is 15.2. The first-order valence-electron chi connectivity index (χ1n) is 6.34. The first-order valence-corrected chi connectivity index (χ1v) is 7.16. The van der Waals surface area contributed by atoms with Crippen LogP contribution < -0.4 is 9.84 Å². The molecular weight excluding hydrogens is 274 g/mol. The number of nitrogens with zero attached hydrogens (tertiary/aromatic N) is 1. The number of hydrogen-bond acceptors (Lipinski definition) is 5. The molecule has 0 spiro atoms. The molecule has 1 aromatic heterocycles. The molecule has 0 N–H and O–H groups in total. The van der Waals surface area contributed by atoms with Crippen molar-refractivity contribution in [1.82, 2.24) is 4.98 Å². The Morgan fingerprint density at radius 3 is 2.45 bits per heavy atom. The molecule has 2 rings (SSSR count). The van der Waals surface area contributed by atoms with E-state index in [0.29, 0.717) is 18.7 Å². The lowest BCUT2D eigenvalue weighted by Gasteiger charge is -2.07. The number of carboxylic acid groups (broad SMARTS) is 1. The molecule has 5 heteroatoms. The standard InChI is InChI=1S/C15H17NO3S/c1-9-6-10(2)8-12(7-9)19-5-4-13-16-11(3)14(20-13)15(17)18/h6-8H,4-5H2,1-3H3,(H,17,18)/p-1. The van der Waals surface area contributed by atoms with Gasteiger partial charge in [0.1, 0.15) is 5.75 Å². The van der Waals surface area contributed by atoms with Crippen LogP contribution in [-0.4, -0.2) is 17.6 Å². The van der Waals surface area contributed by atoms with Crippen LogP contribution >= 0.6 is 11.3 Å². The van der Waals surface area contributed by atoms with Crippen molar-refractivity contribution in [3.05, 3.63) is 44.9 Å². The number of carbonyl (C=O) groups is 1. The number of hydrogen-bond donors (Lipinski definition) is 0. The Hall–Kier alpha value is -1.88. The third kappa shape index (κ3) is 3.57. The molecule has 4 nitrogen and oxygen atoms in total. The van der Waals surface area contributed by atoms with E-state index in [4.69, 9.17) is 4.74 Å². The zero-order valence-corrected chi connectivity index (χ0v) is 12.5. The number of aromatic carboxylic acids is 1. The van der Waals surface area contributed by atoms with Crippen LogP contribution in [0.5, 0.6) is 5.75 Å². The van der Waals surface area contributed by atoms with E-state index in [0.717, 1.165) is 33.2 Å². The van der Waals surface area contributed by atoms with Crippen molar-refractivity contribution in [2.24, 2.45) is 0 Å². The summed E-state index contributed by atoms with van der Waals surface area (Å²) in [5.74, 6) is -0.336. The van der Waals surface area contributed by atoms with Crippen LogP contribution in [0.3, 0.4) is 0 Å². The fourth-order valence-corrected chi connectivity index (χ4v) is 2.90. The fourth-order valence-electron chi connectivity index (χ4n) is 2.02. The van der Waals surface area contributed by atoms with Gasteiger partial charge in [0.2, 0.25) is 0 Å². The van der Waals surface area contributed by atoms with Crippen LogP contribution in [-0.2, 0) is 6.42 Å². The number of carboxylic acids is 1. The topological polar surface area (TPSA) is 62.2 Å². The first kappa shape index (κ1) is 14.5. The van der Waals surface area contributed by atoms with E-state index < -0.39 is 5.97 Å². The summed E-state index contributed by atoms with van der Waals surface area (Å²) < 4.78 is 5.68. The predicted octanol–water partition coefficient (Wildman–Crippen LogP) is 2.05. The SMILES string of the molecule is Cc1cc(C)cc(OCCc2nc(C)c(C(=O)[O-])s2)c1. The monoisotopic (exact) mass is 290 g/mol. The van der Waals surface area contributed by atoms with Crippen molar-refractivity contribution in [1.29, 1.82) is 0 Å². The number of aryl methyl sites for hydroxylation is 3. The number of carbonyl (C=O) groups excluding carboxylic acids is 1. The molecular formula is C15H16NO3S-. The molecule has 0 saturated carbocycles. The summed E-state index contributed by atoms with van der Waals surface area (Å²) in [6, 6.07) is 6.04. The van der Waals surface area contributed by atoms with Crippen LogP contribution in [0, 0.1) is 20.8 Å². The van der Waals surface area contributed by atoms with Crippen LogP contribution in [0.2, 0.25) is 0 Å². The quantitative estimate of drug-likeness (QED) is 0.845. The molecule has 0 aliphatic carbocycles. The highest BCUT2D eigenvalue weighted by Gasteiger charge is 2.08. The van der Waals surface area contributed by atoms with Crippen molar-refractivity contribution in [2.75, 3.05) is 6.61 Å². The lowest BCUT2D eigenvalue weighted by atomic mass is 10.1. The normalized spacial score (nSPS) is 10.6.